The van der Waals surface area contributed by atoms with Gasteiger partial charge in [-0.1, -0.05) is 20.3 Å². The van der Waals surface area contributed by atoms with Crippen LogP contribution in [0.25, 0.3) is 0 Å². The van der Waals surface area contributed by atoms with Crippen LogP contribution >= 0.6 is 0 Å². The Morgan fingerprint density at radius 2 is 2.12 bits per heavy atom. The van der Waals surface area contributed by atoms with E-state index in [1.165, 1.54) is 12.8 Å². The van der Waals surface area contributed by atoms with Crippen LogP contribution in [0.3, 0.4) is 0 Å². The van der Waals surface area contributed by atoms with Crippen molar-refractivity contribution >= 4 is 7.98 Å². The average molecular weight is 111 g/mol. The van der Waals surface area contributed by atoms with Crippen molar-refractivity contribution < 1.29 is 0 Å². The Hall–Kier alpha value is 0.0249. The summed E-state index contributed by atoms with van der Waals surface area (Å²) in [5, 5.41) is 2.75. The van der Waals surface area contributed by atoms with Gasteiger partial charge >= 0.3 is 0 Å². The SMILES string of the molecule is [B]NC(CC)CCC. The van der Waals surface area contributed by atoms with E-state index < -0.39 is 0 Å². The lowest BCUT2D eigenvalue weighted by atomic mass is 10.1. The maximum absolute atomic E-state index is 5.22. The van der Waals surface area contributed by atoms with Crippen molar-refractivity contribution in [2.45, 2.75) is 39.2 Å². The predicted molar refractivity (Wildman–Crippen MR) is 37.9 cm³/mol. The molecule has 0 heterocycles. The van der Waals surface area contributed by atoms with Crippen LogP contribution in [0.1, 0.15) is 33.1 Å². The van der Waals surface area contributed by atoms with Crippen LogP contribution in [-0.4, -0.2) is 14.0 Å². The second-order valence-corrected chi connectivity index (χ2v) is 2.06. The molecule has 1 N–H and O–H groups in total. The fraction of sp³-hybridized carbons (Fsp3) is 1.00. The summed E-state index contributed by atoms with van der Waals surface area (Å²) in [6.07, 6.45) is 3.53. The van der Waals surface area contributed by atoms with Crippen molar-refractivity contribution in [2.75, 3.05) is 0 Å². The largest absolute Gasteiger partial charge is 0.364 e. The number of hydrogen-bond donors (Lipinski definition) is 1. The van der Waals surface area contributed by atoms with E-state index in [0.717, 1.165) is 6.42 Å². The lowest BCUT2D eigenvalue weighted by Crippen LogP contribution is -2.24. The number of hydrogen-bond acceptors (Lipinski definition) is 1. The third-order valence-corrected chi connectivity index (χ3v) is 1.37. The minimum absolute atomic E-state index is 0.528. The van der Waals surface area contributed by atoms with Crippen LogP contribution < -0.4 is 5.23 Å². The Bertz CT molecular complexity index is 43.8. The number of rotatable bonds is 4. The predicted octanol–water partition coefficient (Wildman–Crippen LogP) is 1.24. The van der Waals surface area contributed by atoms with Crippen LogP contribution in [0.15, 0.2) is 0 Å². The molecule has 0 bridgehead atoms. The molecule has 0 aromatic heterocycles. The quantitative estimate of drug-likeness (QED) is 0.538. The van der Waals surface area contributed by atoms with Crippen molar-refractivity contribution in [3.63, 3.8) is 0 Å². The summed E-state index contributed by atoms with van der Waals surface area (Å²) in [6, 6.07) is 0.528. The highest BCUT2D eigenvalue weighted by molar-refractivity contribution is 6.04. The van der Waals surface area contributed by atoms with Crippen molar-refractivity contribution in [3.8, 4) is 0 Å². The third kappa shape index (κ3) is 3.08. The van der Waals surface area contributed by atoms with Gasteiger partial charge in [-0.2, -0.15) is 0 Å². The zero-order valence-electron chi connectivity index (χ0n) is 5.78. The third-order valence-electron chi connectivity index (χ3n) is 1.37. The fourth-order valence-corrected chi connectivity index (χ4v) is 0.754. The van der Waals surface area contributed by atoms with E-state index in [1.807, 2.05) is 0 Å². The Balaban J connectivity index is 3.07. The Labute approximate surface area is 53.3 Å². The summed E-state index contributed by atoms with van der Waals surface area (Å²) in [5.74, 6) is 0. The molecule has 0 aromatic rings. The Morgan fingerprint density at radius 3 is 2.25 bits per heavy atom. The minimum atomic E-state index is 0.528. The normalized spacial score (nSPS) is 13.8. The molecule has 2 radical (unpaired) electrons. The fourth-order valence-electron chi connectivity index (χ4n) is 0.754. The zero-order chi connectivity index (χ0) is 6.41. The first kappa shape index (κ1) is 8.02. The second-order valence-electron chi connectivity index (χ2n) is 2.06. The lowest BCUT2D eigenvalue weighted by molar-refractivity contribution is 0.549. The summed E-state index contributed by atoms with van der Waals surface area (Å²) < 4.78 is 0. The van der Waals surface area contributed by atoms with E-state index in [9.17, 15) is 0 Å². The summed E-state index contributed by atoms with van der Waals surface area (Å²) in [5.41, 5.74) is 0. The molecule has 0 fully saturated rings. The van der Waals surface area contributed by atoms with Crippen molar-refractivity contribution in [3.05, 3.63) is 0 Å². The monoisotopic (exact) mass is 111 g/mol. The summed E-state index contributed by atoms with van der Waals surface area (Å²) >= 11 is 0. The highest BCUT2D eigenvalue weighted by atomic mass is 14.8. The van der Waals surface area contributed by atoms with Gasteiger partial charge < -0.3 is 5.23 Å². The van der Waals surface area contributed by atoms with Gasteiger partial charge in [0.2, 0.25) is 0 Å². The standard InChI is InChI=1S/C6H14BN/c1-3-5-6(4-2)8-7/h6,8H,3-5H2,1-2H3. The van der Waals surface area contributed by atoms with E-state index in [1.54, 1.807) is 0 Å². The van der Waals surface area contributed by atoms with E-state index in [-0.39, 0.29) is 0 Å². The van der Waals surface area contributed by atoms with Gasteiger partial charge in [-0.05, 0) is 18.9 Å². The molecule has 1 unspecified atom stereocenters. The highest BCUT2D eigenvalue weighted by Crippen LogP contribution is 1.98. The first-order valence-electron chi connectivity index (χ1n) is 3.31. The smallest absolute Gasteiger partial charge is 0.178 e. The molecule has 1 atom stereocenters. The van der Waals surface area contributed by atoms with E-state index >= 15 is 0 Å². The zero-order valence-corrected chi connectivity index (χ0v) is 5.78. The van der Waals surface area contributed by atoms with E-state index in [2.05, 4.69) is 19.1 Å². The summed E-state index contributed by atoms with van der Waals surface area (Å²) in [6.45, 7) is 4.31. The lowest BCUT2D eigenvalue weighted by Gasteiger charge is -2.11. The molecular weight excluding hydrogens is 96.9 g/mol. The molecule has 1 nitrogen and oxygen atoms in total. The Kier molecular flexibility index (Phi) is 5.18. The molecule has 0 aliphatic rings. The topological polar surface area (TPSA) is 12.0 Å². The second kappa shape index (κ2) is 5.17. The van der Waals surface area contributed by atoms with Gasteiger partial charge in [0.05, 0.1) is 0 Å². The van der Waals surface area contributed by atoms with Crippen LogP contribution in [0, 0.1) is 0 Å². The van der Waals surface area contributed by atoms with Gasteiger partial charge in [0, 0.05) is 0 Å². The molecule has 0 spiro atoms. The summed E-state index contributed by atoms with van der Waals surface area (Å²) in [4.78, 5) is 0. The number of nitrogens with one attached hydrogen (secondary N) is 1. The first-order chi connectivity index (χ1) is 3.85. The highest BCUT2D eigenvalue weighted by Gasteiger charge is 1.97. The maximum Gasteiger partial charge on any atom is 0.178 e. The van der Waals surface area contributed by atoms with E-state index in [0.29, 0.717) is 6.04 Å². The van der Waals surface area contributed by atoms with Crippen molar-refractivity contribution in [2.24, 2.45) is 0 Å². The molecule has 0 saturated carbocycles. The maximum atomic E-state index is 5.22. The molecule has 0 aliphatic carbocycles. The van der Waals surface area contributed by atoms with Gasteiger partial charge in [-0.25, -0.2) is 0 Å². The average Bonchev–Trinajstić information content (AvgIpc) is 1.83. The van der Waals surface area contributed by atoms with Crippen LogP contribution in [-0.2, 0) is 0 Å². The molecular formula is C6H14BN. The van der Waals surface area contributed by atoms with Crippen LogP contribution in [0.5, 0.6) is 0 Å². The molecule has 0 aliphatic heterocycles. The van der Waals surface area contributed by atoms with Gasteiger partial charge in [0.1, 0.15) is 0 Å². The van der Waals surface area contributed by atoms with Gasteiger partial charge in [0.25, 0.3) is 0 Å². The molecule has 0 amide bonds. The first-order valence-corrected chi connectivity index (χ1v) is 3.31. The Morgan fingerprint density at radius 1 is 1.50 bits per heavy atom. The van der Waals surface area contributed by atoms with Crippen molar-refractivity contribution in [1.82, 2.24) is 5.23 Å². The minimum Gasteiger partial charge on any atom is -0.364 e. The van der Waals surface area contributed by atoms with Gasteiger partial charge in [-0.3, -0.25) is 0 Å². The summed E-state index contributed by atoms with van der Waals surface area (Å²) in [7, 11) is 5.22. The van der Waals surface area contributed by atoms with Gasteiger partial charge in [-0.15, -0.1) is 0 Å². The molecule has 0 aromatic carbocycles. The molecule has 8 heavy (non-hydrogen) atoms. The van der Waals surface area contributed by atoms with E-state index in [4.69, 9.17) is 7.98 Å². The van der Waals surface area contributed by atoms with Crippen molar-refractivity contribution in [1.29, 1.82) is 0 Å². The van der Waals surface area contributed by atoms with Crippen LogP contribution in [0.4, 0.5) is 0 Å². The molecule has 46 valence electrons. The molecule has 0 rings (SSSR count). The molecule has 2 heteroatoms. The molecule has 0 saturated heterocycles. The van der Waals surface area contributed by atoms with Crippen LogP contribution in [0.2, 0.25) is 0 Å². The van der Waals surface area contributed by atoms with Gasteiger partial charge in [0.15, 0.2) is 7.98 Å².